The van der Waals surface area contributed by atoms with E-state index in [-0.39, 0.29) is 0 Å². The fraction of sp³-hybridized carbons (Fsp3) is 0.222. The van der Waals surface area contributed by atoms with Crippen molar-refractivity contribution < 1.29 is 4.74 Å². The van der Waals surface area contributed by atoms with E-state index in [1.54, 1.807) is 0 Å². The van der Waals surface area contributed by atoms with Crippen LogP contribution in [0.1, 0.15) is 6.92 Å². The number of fused-ring (bicyclic) bond motifs is 1. The highest BCUT2D eigenvalue weighted by Gasteiger charge is 2.06. The maximum absolute atomic E-state index is 5.87. The number of halogens is 1. The van der Waals surface area contributed by atoms with Crippen LogP contribution in [0.15, 0.2) is 18.2 Å². The molecular formula is C9H8ClNOS. The normalized spacial score (nSPS) is 10.6. The first-order valence-electron chi connectivity index (χ1n) is 3.99. The van der Waals surface area contributed by atoms with Gasteiger partial charge in [0.25, 0.3) is 0 Å². The van der Waals surface area contributed by atoms with E-state index in [0.29, 0.717) is 11.6 Å². The van der Waals surface area contributed by atoms with Crippen molar-refractivity contribution in [3.8, 4) is 5.06 Å². The Hall–Kier alpha value is -0.800. The van der Waals surface area contributed by atoms with Crippen molar-refractivity contribution in [2.24, 2.45) is 0 Å². The van der Waals surface area contributed by atoms with E-state index in [0.717, 1.165) is 16.0 Å². The molecular weight excluding hydrogens is 206 g/mol. The van der Waals surface area contributed by atoms with Gasteiger partial charge in [0.2, 0.25) is 5.06 Å². The summed E-state index contributed by atoms with van der Waals surface area (Å²) in [5.74, 6) is 0. The number of benzene rings is 1. The lowest BCUT2D eigenvalue weighted by atomic mass is 10.2. The minimum absolute atomic E-state index is 0.657. The second kappa shape index (κ2) is 3.52. The lowest BCUT2D eigenvalue weighted by Crippen LogP contribution is -1.88. The topological polar surface area (TPSA) is 22.1 Å². The number of rotatable bonds is 2. The first-order valence-corrected chi connectivity index (χ1v) is 5.14. The lowest BCUT2D eigenvalue weighted by Gasteiger charge is -1.97. The molecule has 0 saturated carbocycles. The molecule has 0 saturated heterocycles. The summed E-state index contributed by atoms with van der Waals surface area (Å²) >= 11 is 7.23. The maximum Gasteiger partial charge on any atom is 0.201 e. The summed E-state index contributed by atoms with van der Waals surface area (Å²) in [6.07, 6.45) is 0. The van der Waals surface area contributed by atoms with Crippen molar-refractivity contribution in [1.82, 2.24) is 4.37 Å². The van der Waals surface area contributed by atoms with Crippen LogP contribution in [0, 0.1) is 0 Å². The standard InChI is InChI=1S/C9H8ClNOS/c1-2-12-9-7-5-6(10)3-4-8(7)11-13-9/h3-5H,2H2,1H3. The first-order chi connectivity index (χ1) is 6.31. The Morgan fingerprint density at radius 2 is 2.38 bits per heavy atom. The Labute approximate surface area is 85.3 Å². The van der Waals surface area contributed by atoms with Gasteiger partial charge in [-0.25, -0.2) is 0 Å². The third-order valence-corrected chi connectivity index (χ3v) is 2.71. The van der Waals surface area contributed by atoms with E-state index in [4.69, 9.17) is 16.3 Å². The zero-order chi connectivity index (χ0) is 9.26. The van der Waals surface area contributed by atoms with Crippen molar-refractivity contribution >= 4 is 34.0 Å². The predicted molar refractivity (Wildman–Crippen MR) is 55.8 cm³/mol. The number of aromatic nitrogens is 1. The fourth-order valence-electron chi connectivity index (χ4n) is 1.13. The van der Waals surface area contributed by atoms with Gasteiger partial charge in [-0.1, -0.05) is 11.6 Å². The van der Waals surface area contributed by atoms with Crippen molar-refractivity contribution in [2.75, 3.05) is 6.61 Å². The molecule has 0 aliphatic carbocycles. The minimum Gasteiger partial charge on any atom is -0.483 e. The second-order valence-corrected chi connectivity index (χ2v) is 3.74. The van der Waals surface area contributed by atoms with Crippen LogP contribution in [0.3, 0.4) is 0 Å². The van der Waals surface area contributed by atoms with E-state index in [2.05, 4.69) is 4.37 Å². The number of hydrogen-bond acceptors (Lipinski definition) is 3. The van der Waals surface area contributed by atoms with Gasteiger partial charge in [-0.3, -0.25) is 0 Å². The predicted octanol–water partition coefficient (Wildman–Crippen LogP) is 3.35. The quantitative estimate of drug-likeness (QED) is 0.763. The Morgan fingerprint density at radius 1 is 1.54 bits per heavy atom. The van der Waals surface area contributed by atoms with Crippen LogP contribution >= 0.6 is 23.1 Å². The number of ether oxygens (including phenoxy) is 1. The molecule has 4 heteroatoms. The third kappa shape index (κ3) is 1.62. The van der Waals surface area contributed by atoms with Crippen LogP contribution in [-0.2, 0) is 0 Å². The average molecular weight is 214 g/mol. The Balaban J connectivity index is 2.58. The summed E-state index contributed by atoms with van der Waals surface area (Å²) in [6, 6.07) is 5.61. The molecule has 0 atom stereocenters. The van der Waals surface area contributed by atoms with Crippen LogP contribution in [0.2, 0.25) is 5.02 Å². The lowest BCUT2D eigenvalue weighted by molar-refractivity contribution is 0.354. The van der Waals surface area contributed by atoms with Crippen LogP contribution in [0.25, 0.3) is 10.9 Å². The number of hydrogen-bond donors (Lipinski definition) is 0. The molecule has 0 aliphatic heterocycles. The van der Waals surface area contributed by atoms with Gasteiger partial charge in [-0.05, 0) is 25.1 Å². The van der Waals surface area contributed by atoms with E-state index in [1.807, 2.05) is 25.1 Å². The summed E-state index contributed by atoms with van der Waals surface area (Å²) in [5.41, 5.74) is 0.942. The molecule has 68 valence electrons. The highest BCUT2D eigenvalue weighted by molar-refractivity contribution is 7.09. The molecule has 0 bridgehead atoms. The van der Waals surface area contributed by atoms with Crippen molar-refractivity contribution in [2.45, 2.75) is 6.92 Å². The van der Waals surface area contributed by atoms with Crippen molar-refractivity contribution in [3.63, 3.8) is 0 Å². The summed E-state index contributed by atoms with van der Waals surface area (Å²) in [5, 5.41) is 2.56. The molecule has 2 aromatic rings. The van der Waals surface area contributed by atoms with E-state index >= 15 is 0 Å². The van der Waals surface area contributed by atoms with Crippen LogP contribution < -0.4 is 4.74 Å². The van der Waals surface area contributed by atoms with Crippen LogP contribution in [0.5, 0.6) is 5.06 Å². The molecule has 2 rings (SSSR count). The average Bonchev–Trinajstić information content (AvgIpc) is 2.49. The zero-order valence-corrected chi connectivity index (χ0v) is 8.65. The van der Waals surface area contributed by atoms with Gasteiger partial charge < -0.3 is 4.74 Å². The van der Waals surface area contributed by atoms with Gasteiger partial charge >= 0.3 is 0 Å². The Morgan fingerprint density at radius 3 is 3.15 bits per heavy atom. The number of nitrogens with zero attached hydrogens (tertiary/aromatic N) is 1. The van der Waals surface area contributed by atoms with Gasteiger partial charge in [-0.2, -0.15) is 4.37 Å². The van der Waals surface area contributed by atoms with Crippen LogP contribution in [0.4, 0.5) is 0 Å². The summed E-state index contributed by atoms with van der Waals surface area (Å²) in [4.78, 5) is 0. The molecule has 0 spiro atoms. The van der Waals surface area contributed by atoms with E-state index in [9.17, 15) is 0 Å². The SMILES string of the molecule is CCOc1snc2ccc(Cl)cc12. The molecule has 1 aromatic heterocycles. The Bertz CT molecular complexity index is 426. The molecule has 13 heavy (non-hydrogen) atoms. The monoisotopic (exact) mass is 213 g/mol. The Kier molecular flexibility index (Phi) is 2.38. The van der Waals surface area contributed by atoms with Crippen molar-refractivity contribution in [1.29, 1.82) is 0 Å². The highest BCUT2D eigenvalue weighted by atomic mass is 35.5. The summed E-state index contributed by atoms with van der Waals surface area (Å²) in [6.45, 7) is 2.61. The minimum atomic E-state index is 0.657. The first kappa shape index (κ1) is 8.78. The molecule has 2 nitrogen and oxygen atoms in total. The molecule has 0 N–H and O–H groups in total. The maximum atomic E-state index is 5.87. The molecule has 0 radical (unpaired) electrons. The van der Waals surface area contributed by atoms with Gasteiger partial charge in [0.15, 0.2) is 0 Å². The molecule has 0 amide bonds. The van der Waals surface area contributed by atoms with Gasteiger partial charge in [0.05, 0.1) is 17.5 Å². The van der Waals surface area contributed by atoms with Gasteiger partial charge in [-0.15, -0.1) is 0 Å². The van der Waals surface area contributed by atoms with E-state index in [1.165, 1.54) is 11.5 Å². The third-order valence-electron chi connectivity index (χ3n) is 1.68. The summed E-state index contributed by atoms with van der Waals surface area (Å²) in [7, 11) is 0. The fourth-order valence-corrected chi connectivity index (χ4v) is 2.07. The second-order valence-electron chi connectivity index (χ2n) is 2.56. The molecule has 0 unspecified atom stereocenters. The molecule has 1 aromatic carbocycles. The molecule has 0 fully saturated rings. The highest BCUT2D eigenvalue weighted by Crippen LogP contribution is 2.31. The van der Waals surface area contributed by atoms with Gasteiger partial charge in [0.1, 0.15) is 0 Å². The largest absolute Gasteiger partial charge is 0.483 e. The van der Waals surface area contributed by atoms with E-state index < -0.39 is 0 Å². The zero-order valence-electron chi connectivity index (χ0n) is 7.08. The summed E-state index contributed by atoms with van der Waals surface area (Å²) < 4.78 is 9.65. The van der Waals surface area contributed by atoms with Crippen molar-refractivity contribution in [3.05, 3.63) is 23.2 Å². The van der Waals surface area contributed by atoms with Gasteiger partial charge in [0, 0.05) is 16.6 Å². The van der Waals surface area contributed by atoms with Crippen LogP contribution in [-0.4, -0.2) is 11.0 Å². The molecule has 0 aliphatic rings. The smallest absolute Gasteiger partial charge is 0.201 e. The molecule has 1 heterocycles.